The first-order valence-corrected chi connectivity index (χ1v) is 22.3. The molecular formula is C49H49Cl3FNO10. The zero-order valence-corrected chi connectivity index (χ0v) is 37.0. The standard InChI is InChI=1S/C49H49Cl3FNO10/c50-49(51,52)48(55)54(64-42-38(57-28-34-18-8-2-9-19-34)26-41(53)61-39(42)31-56-27-33-16-6-1-7-17-33)46-45(59-30-36-22-12-4-13-23-36)44(58-29-35-20-10-3-11-21-35)43-40(62-46)32-60-47(63-43)37-24-14-5-15-25-37/h1-25,38-47H,26-32H2/t38-,39-,40-,41+,42+,43+,44+,45-,46-,47?/m1/s1. The highest BCUT2D eigenvalue weighted by Crippen LogP contribution is 2.41. The number of hydroxylamine groups is 2. The van der Waals surface area contributed by atoms with E-state index < -0.39 is 71.3 Å². The van der Waals surface area contributed by atoms with Crippen LogP contribution in [0.1, 0.15) is 40.5 Å². The highest BCUT2D eigenvalue weighted by atomic mass is 35.6. The Kier molecular flexibility index (Phi) is 16.3. The van der Waals surface area contributed by atoms with E-state index >= 15 is 4.39 Å². The monoisotopic (exact) mass is 935 g/mol. The smallest absolute Gasteiger partial charge is 0.300 e. The molecule has 0 aromatic heterocycles. The number of benzene rings is 5. The lowest BCUT2D eigenvalue weighted by atomic mass is 9.95. The highest BCUT2D eigenvalue weighted by Gasteiger charge is 2.57. The molecule has 0 N–H and O–H groups in total. The number of rotatable bonds is 17. The fourth-order valence-corrected chi connectivity index (χ4v) is 8.12. The van der Waals surface area contributed by atoms with Crippen LogP contribution in [-0.2, 0) is 74.0 Å². The molecule has 0 bridgehead atoms. The number of hydrogen-bond donors (Lipinski definition) is 0. The van der Waals surface area contributed by atoms with Gasteiger partial charge in [0.1, 0.15) is 36.6 Å². The predicted molar refractivity (Wildman–Crippen MR) is 236 cm³/mol. The van der Waals surface area contributed by atoms with Crippen LogP contribution < -0.4 is 0 Å². The maximum atomic E-state index is 15.7. The number of alkyl halides is 4. The Morgan fingerprint density at radius 1 is 0.625 bits per heavy atom. The van der Waals surface area contributed by atoms with Crippen molar-refractivity contribution in [2.45, 2.75) is 98.2 Å². The van der Waals surface area contributed by atoms with E-state index in [1.165, 1.54) is 0 Å². The molecule has 3 heterocycles. The molecule has 5 aromatic carbocycles. The lowest BCUT2D eigenvalue weighted by Crippen LogP contribution is -2.69. The van der Waals surface area contributed by atoms with Crippen LogP contribution >= 0.6 is 34.8 Å². The molecular weight excluding hydrogens is 888 g/mol. The summed E-state index contributed by atoms with van der Waals surface area (Å²) >= 11 is 19.4. The molecule has 10 atom stereocenters. The minimum absolute atomic E-state index is 0.0158. The molecule has 15 heteroatoms. The van der Waals surface area contributed by atoms with Crippen molar-refractivity contribution in [2.75, 3.05) is 13.2 Å². The van der Waals surface area contributed by atoms with E-state index in [9.17, 15) is 4.79 Å². The molecule has 3 saturated heterocycles. The second-order valence-electron chi connectivity index (χ2n) is 15.6. The van der Waals surface area contributed by atoms with E-state index in [0.29, 0.717) is 0 Å². The molecule has 11 nitrogen and oxygen atoms in total. The first-order chi connectivity index (χ1) is 31.2. The van der Waals surface area contributed by atoms with Crippen molar-refractivity contribution in [1.82, 2.24) is 5.06 Å². The van der Waals surface area contributed by atoms with Crippen LogP contribution in [0, 0.1) is 0 Å². The van der Waals surface area contributed by atoms with E-state index in [0.717, 1.165) is 32.9 Å². The molecule has 3 fully saturated rings. The number of amides is 1. The zero-order valence-electron chi connectivity index (χ0n) is 34.7. The van der Waals surface area contributed by atoms with Gasteiger partial charge in [0.25, 0.3) is 3.79 Å². The number of carbonyl (C=O) groups is 1. The minimum Gasteiger partial charge on any atom is -0.374 e. The van der Waals surface area contributed by atoms with Gasteiger partial charge in [0.2, 0.25) is 6.36 Å². The van der Waals surface area contributed by atoms with Gasteiger partial charge in [-0.3, -0.25) is 9.63 Å². The number of carbonyl (C=O) groups excluding carboxylic acids is 1. The van der Waals surface area contributed by atoms with Crippen LogP contribution in [0.4, 0.5) is 4.39 Å². The fraction of sp³-hybridized carbons (Fsp3) is 0.367. The Bertz CT molecular complexity index is 2170. The Hall–Kier alpha value is -3.99. The molecule has 0 spiro atoms. The third-order valence-electron chi connectivity index (χ3n) is 11.0. The maximum absolute atomic E-state index is 15.7. The highest BCUT2D eigenvalue weighted by molar-refractivity contribution is 6.76. The Morgan fingerprint density at radius 3 is 1.67 bits per heavy atom. The van der Waals surface area contributed by atoms with Crippen molar-refractivity contribution < 1.29 is 51.9 Å². The van der Waals surface area contributed by atoms with E-state index in [4.69, 9.17) is 77.5 Å². The average molecular weight is 937 g/mol. The molecule has 3 aliphatic rings. The van der Waals surface area contributed by atoms with Gasteiger partial charge in [-0.1, -0.05) is 186 Å². The van der Waals surface area contributed by atoms with Crippen LogP contribution in [0.25, 0.3) is 0 Å². The summed E-state index contributed by atoms with van der Waals surface area (Å²) in [7, 11) is 0. The lowest BCUT2D eigenvalue weighted by molar-refractivity contribution is -0.392. The average Bonchev–Trinajstić information content (AvgIpc) is 3.32. The van der Waals surface area contributed by atoms with Gasteiger partial charge in [0.05, 0.1) is 45.7 Å². The molecule has 8 rings (SSSR count). The van der Waals surface area contributed by atoms with Gasteiger partial charge in [-0.15, -0.1) is 0 Å². The summed E-state index contributed by atoms with van der Waals surface area (Å²) in [6.07, 6.45) is -11.4. The Labute approximate surface area is 387 Å². The summed E-state index contributed by atoms with van der Waals surface area (Å²) in [5.74, 6) is -1.12. The first-order valence-electron chi connectivity index (χ1n) is 21.1. The van der Waals surface area contributed by atoms with Gasteiger partial charge < -0.3 is 37.9 Å². The number of hydrogen-bond acceptors (Lipinski definition) is 10. The van der Waals surface area contributed by atoms with Crippen molar-refractivity contribution in [1.29, 1.82) is 0 Å². The summed E-state index contributed by atoms with van der Waals surface area (Å²) in [5.41, 5.74) is 4.19. The van der Waals surface area contributed by atoms with Gasteiger partial charge in [0, 0.05) is 12.0 Å². The SMILES string of the molecule is O=C(N(O[C@H]1[C@H](OCc2ccccc2)C[C@@H](F)O[C@@H]1COCc1ccccc1)[C@@H]1O[C@@H]2COC(c3ccccc3)O[C@@H]2[C@H](OCc2ccccc2)[C@H]1OCc1ccccc1)C(Cl)(Cl)Cl. The molecule has 64 heavy (non-hydrogen) atoms. The summed E-state index contributed by atoms with van der Waals surface area (Å²) in [4.78, 5) is 21.4. The number of halogens is 4. The van der Waals surface area contributed by atoms with E-state index in [1.54, 1.807) is 0 Å². The predicted octanol–water partition coefficient (Wildman–Crippen LogP) is 9.38. The van der Waals surface area contributed by atoms with Crippen molar-refractivity contribution in [2.24, 2.45) is 0 Å². The van der Waals surface area contributed by atoms with Crippen LogP contribution in [0.5, 0.6) is 0 Å². The second kappa shape index (κ2) is 22.5. The van der Waals surface area contributed by atoms with Crippen LogP contribution in [0.15, 0.2) is 152 Å². The van der Waals surface area contributed by atoms with Gasteiger partial charge >= 0.3 is 5.91 Å². The maximum Gasteiger partial charge on any atom is 0.300 e. The van der Waals surface area contributed by atoms with Crippen molar-refractivity contribution in [3.63, 3.8) is 0 Å². The topological polar surface area (TPSA) is 103 Å². The van der Waals surface area contributed by atoms with E-state index in [2.05, 4.69) is 0 Å². The molecule has 1 unspecified atom stereocenters. The van der Waals surface area contributed by atoms with E-state index in [-0.39, 0.29) is 46.1 Å². The second-order valence-corrected chi connectivity index (χ2v) is 17.9. The summed E-state index contributed by atoms with van der Waals surface area (Å²) in [5, 5.41) is 0.844. The fourth-order valence-electron chi connectivity index (χ4n) is 7.87. The summed E-state index contributed by atoms with van der Waals surface area (Å²) < 4.78 is 64.8. The molecule has 3 aliphatic heterocycles. The lowest BCUT2D eigenvalue weighted by Gasteiger charge is -2.52. The molecule has 0 aliphatic carbocycles. The molecule has 0 saturated carbocycles. The first kappa shape index (κ1) is 46.5. The van der Waals surface area contributed by atoms with Gasteiger partial charge in [-0.2, -0.15) is 5.06 Å². The number of ether oxygens (including phenoxy) is 8. The minimum atomic E-state index is -2.58. The largest absolute Gasteiger partial charge is 0.374 e. The van der Waals surface area contributed by atoms with Gasteiger partial charge in [-0.05, 0) is 22.3 Å². The zero-order chi connectivity index (χ0) is 44.3. The van der Waals surface area contributed by atoms with Crippen molar-refractivity contribution in [3.8, 4) is 0 Å². The van der Waals surface area contributed by atoms with Crippen LogP contribution in [0.2, 0.25) is 0 Å². The summed E-state index contributed by atoms with van der Waals surface area (Å²) in [6.45, 7) is 0.324. The van der Waals surface area contributed by atoms with Crippen molar-refractivity contribution >= 4 is 40.7 Å². The van der Waals surface area contributed by atoms with Gasteiger partial charge in [0.15, 0.2) is 12.5 Å². The number of fused-ring (bicyclic) bond motifs is 1. The quantitative estimate of drug-likeness (QED) is 0.0662. The molecule has 5 aromatic rings. The van der Waals surface area contributed by atoms with Gasteiger partial charge in [-0.25, -0.2) is 4.39 Å². The third-order valence-corrected chi connectivity index (χ3v) is 11.5. The van der Waals surface area contributed by atoms with Crippen LogP contribution in [0.3, 0.4) is 0 Å². The molecule has 0 radical (unpaired) electrons. The molecule has 1 amide bonds. The van der Waals surface area contributed by atoms with Crippen molar-refractivity contribution in [3.05, 3.63) is 179 Å². The Morgan fingerprint density at radius 2 is 1.12 bits per heavy atom. The summed E-state index contributed by atoms with van der Waals surface area (Å²) in [6, 6.07) is 47.4. The normalized spacial score (nSPS) is 27.1. The molecule has 338 valence electrons. The van der Waals surface area contributed by atoms with Crippen LogP contribution in [-0.4, -0.2) is 83.3 Å². The Balaban J connectivity index is 1.16. The third kappa shape index (κ3) is 12.3. The number of nitrogens with zero attached hydrogens (tertiary/aromatic N) is 1. The van der Waals surface area contributed by atoms with E-state index in [1.807, 2.05) is 152 Å².